The molecular weight excluding hydrogens is 408 g/mol. The van der Waals surface area contributed by atoms with E-state index in [0.29, 0.717) is 30.2 Å². The first kappa shape index (κ1) is 22.8. The fourth-order valence-corrected chi connectivity index (χ4v) is 4.21. The molecule has 3 rings (SSSR count). The van der Waals surface area contributed by atoms with Gasteiger partial charge in [-0.25, -0.2) is 13.5 Å². The van der Waals surface area contributed by atoms with Gasteiger partial charge in [0.05, 0.1) is 31.1 Å². The molecule has 1 atom stereocenters. The number of nitrogens with zero attached hydrogens (tertiary/aromatic N) is 4. The van der Waals surface area contributed by atoms with Crippen molar-refractivity contribution in [2.45, 2.75) is 58.4 Å². The summed E-state index contributed by atoms with van der Waals surface area (Å²) in [5, 5.41) is 12.2. The van der Waals surface area contributed by atoms with E-state index in [4.69, 9.17) is 4.18 Å². The highest BCUT2D eigenvalue weighted by Crippen LogP contribution is 2.53. The second kappa shape index (κ2) is 8.00. The third-order valence-corrected chi connectivity index (χ3v) is 9.76. The number of rotatable bonds is 6. The Labute approximate surface area is 179 Å². The van der Waals surface area contributed by atoms with Gasteiger partial charge in [-0.1, -0.05) is 20.8 Å². The van der Waals surface area contributed by atoms with Crippen LogP contribution < -0.4 is 5.32 Å². The van der Waals surface area contributed by atoms with Gasteiger partial charge < -0.3 is 9.50 Å². The Balaban J connectivity index is 1.90. The molecule has 1 aliphatic rings. The minimum absolute atomic E-state index is 0.0160. The molecule has 1 unspecified atom stereocenters. The molecule has 0 saturated carbocycles. The molecule has 9 heteroatoms. The van der Waals surface area contributed by atoms with E-state index >= 15 is 0 Å². The minimum Gasteiger partial charge on any atom is -0.359 e. The van der Waals surface area contributed by atoms with E-state index in [0.717, 1.165) is 11.3 Å². The minimum atomic E-state index is -2.58. The number of aromatic nitrogens is 4. The number of alkyl halides is 2. The highest BCUT2D eigenvalue weighted by molar-refractivity contribution is 8.29. The Morgan fingerprint density at radius 3 is 2.47 bits per heavy atom. The highest BCUT2D eigenvalue weighted by Gasteiger charge is 2.32. The molecule has 0 saturated heterocycles. The van der Waals surface area contributed by atoms with Crippen LogP contribution in [-0.4, -0.2) is 49.9 Å². The average molecular weight is 442 g/mol. The molecule has 0 aliphatic carbocycles. The van der Waals surface area contributed by atoms with Crippen molar-refractivity contribution in [1.29, 1.82) is 0 Å². The molecule has 0 amide bonds. The summed E-state index contributed by atoms with van der Waals surface area (Å²) < 4.78 is 37.7. The lowest BCUT2D eigenvalue weighted by atomic mass is 9.96. The predicted molar refractivity (Wildman–Crippen MR) is 120 cm³/mol. The van der Waals surface area contributed by atoms with Gasteiger partial charge in [-0.2, -0.15) is 10.2 Å². The normalized spacial score (nSPS) is 17.7. The molecule has 30 heavy (non-hydrogen) atoms. The second-order valence-corrected chi connectivity index (χ2v) is 13.0. The molecule has 0 fully saturated rings. The van der Waals surface area contributed by atoms with Crippen LogP contribution in [0.4, 0.5) is 14.6 Å². The van der Waals surface area contributed by atoms with Crippen molar-refractivity contribution in [3.05, 3.63) is 34.8 Å². The molecule has 1 N–H and O–H groups in total. The van der Waals surface area contributed by atoms with Crippen LogP contribution in [0.3, 0.4) is 0 Å². The van der Waals surface area contributed by atoms with Crippen molar-refractivity contribution in [2.24, 2.45) is 7.05 Å². The third-order valence-electron chi connectivity index (χ3n) is 6.05. The number of fused-ring (bicyclic) bond motifs is 1. The Bertz CT molecular complexity index is 955. The lowest BCUT2D eigenvalue weighted by Gasteiger charge is -2.43. The van der Waals surface area contributed by atoms with Crippen molar-refractivity contribution in [2.75, 3.05) is 24.4 Å². The van der Waals surface area contributed by atoms with Crippen LogP contribution in [0.25, 0.3) is 5.57 Å². The molecule has 1 aliphatic heterocycles. The largest absolute Gasteiger partial charge is 0.359 e. The maximum Gasteiger partial charge on any atom is 0.264 e. The van der Waals surface area contributed by atoms with Crippen LogP contribution in [0.2, 0.25) is 0 Å². The Morgan fingerprint density at radius 2 is 1.93 bits per heavy atom. The number of nitrogens with one attached hydrogen (secondary N) is 1. The van der Waals surface area contributed by atoms with Crippen LogP contribution in [0.5, 0.6) is 0 Å². The standard InChI is InChI=1S/C21H33F2N5OS/c1-13-18-15(19(22)23)11-17(16-12-24-27(6)14(16)2)25-20(18)28(26-13)9-10-29-30(7,8)21(3,4)5/h11-12,17,19,25H,9-10H2,1-8H3. The van der Waals surface area contributed by atoms with E-state index in [9.17, 15) is 8.78 Å². The smallest absolute Gasteiger partial charge is 0.264 e. The topological polar surface area (TPSA) is 56.9 Å². The monoisotopic (exact) mass is 441 g/mol. The SMILES string of the molecule is Cc1nn(CCOS(C)(C)C(C)(C)C)c2c1C(C(F)F)=CC(c1cnn(C)c1C)N2. The summed E-state index contributed by atoms with van der Waals surface area (Å²) in [7, 11) is 0.576. The van der Waals surface area contributed by atoms with E-state index in [-0.39, 0.29) is 16.4 Å². The number of aryl methyl sites for hydroxylation is 2. The van der Waals surface area contributed by atoms with Gasteiger partial charge in [-0.15, -0.1) is 10.3 Å². The summed E-state index contributed by atoms with van der Waals surface area (Å²) in [5.41, 5.74) is 2.91. The molecule has 0 bridgehead atoms. The number of allylic oxidation sites excluding steroid dienone is 1. The van der Waals surface area contributed by atoms with E-state index in [1.165, 1.54) is 0 Å². The van der Waals surface area contributed by atoms with Gasteiger partial charge in [-0.3, -0.25) is 4.68 Å². The van der Waals surface area contributed by atoms with E-state index in [1.807, 2.05) is 14.0 Å². The van der Waals surface area contributed by atoms with Crippen LogP contribution >= 0.6 is 10.3 Å². The first-order valence-corrected chi connectivity index (χ1v) is 12.4. The van der Waals surface area contributed by atoms with Gasteiger partial charge >= 0.3 is 0 Å². The summed E-state index contributed by atoms with van der Waals surface area (Å²) in [4.78, 5) is 0. The summed E-state index contributed by atoms with van der Waals surface area (Å²) >= 11 is 0. The summed E-state index contributed by atoms with van der Waals surface area (Å²) in [6.45, 7) is 11.2. The van der Waals surface area contributed by atoms with Gasteiger partial charge in [0.15, 0.2) is 0 Å². The zero-order chi connectivity index (χ0) is 22.4. The second-order valence-electron chi connectivity index (χ2n) is 9.05. The van der Waals surface area contributed by atoms with Crippen molar-refractivity contribution in [3.63, 3.8) is 0 Å². The summed E-state index contributed by atoms with van der Waals surface area (Å²) in [6.07, 6.45) is 5.03. The molecule has 0 spiro atoms. The molecule has 0 radical (unpaired) electrons. The zero-order valence-corrected chi connectivity index (χ0v) is 19.9. The molecule has 0 aromatic carbocycles. The number of anilines is 1. The van der Waals surface area contributed by atoms with Crippen molar-refractivity contribution < 1.29 is 13.0 Å². The molecule has 168 valence electrons. The molecule has 2 aromatic heterocycles. The van der Waals surface area contributed by atoms with Crippen LogP contribution in [0.1, 0.15) is 49.3 Å². The van der Waals surface area contributed by atoms with Gasteiger partial charge in [0.2, 0.25) is 0 Å². The van der Waals surface area contributed by atoms with Gasteiger partial charge in [0.25, 0.3) is 6.43 Å². The van der Waals surface area contributed by atoms with Crippen molar-refractivity contribution in [3.8, 4) is 0 Å². The first-order valence-electron chi connectivity index (χ1n) is 10.0. The first-order chi connectivity index (χ1) is 13.8. The van der Waals surface area contributed by atoms with Gasteiger partial charge in [0.1, 0.15) is 5.82 Å². The van der Waals surface area contributed by atoms with E-state index < -0.39 is 16.7 Å². The van der Waals surface area contributed by atoms with E-state index in [1.54, 1.807) is 28.6 Å². The fraction of sp³-hybridized carbons (Fsp3) is 0.619. The van der Waals surface area contributed by atoms with Crippen molar-refractivity contribution >= 4 is 21.7 Å². The Morgan fingerprint density at radius 1 is 1.27 bits per heavy atom. The lowest BCUT2D eigenvalue weighted by Crippen LogP contribution is -2.26. The molecule has 6 nitrogen and oxygen atoms in total. The quantitative estimate of drug-likeness (QED) is 0.697. The van der Waals surface area contributed by atoms with Crippen molar-refractivity contribution in [1.82, 2.24) is 19.6 Å². The fourth-order valence-electron chi connectivity index (χ4n) is 3.37. The molecule has 2 aromatic rings. The van der Waals surface area contributed by atoms with Crippen LogP contribution in [0, 0.1) is 13.8 Å². The Kier molecular flexibility index (Phi) is 6.08. The predicted octanol–water partition coefficient (Wildman–Crippen LogP) is 4.84. The number of hydrogen-bond donors (Lipinski definition) is 1. The number of hydrogen-bond acceptors (Lipinski definition) is 4. The molecular formula is C21H33F2N5OS. The average Bonchev–Trinajstić information content (AvgIpc) is 3.13. The van der Waals surface area contributed by atoms with Gasteiger partial charge in [-0.05, 0) is 32.4 Å². The number of halogens is 2. The summed E-state index contributed by atoms with van der Waals surface area (Å²) in [5.74, 6) is 0.616. The maximum absolute atomic E-state index is 13.9. The lowest BCUT2D eigenvalue weighted by molar-refractivity contribution is 0.214. The van der Waals surface area contributed by atoms with E-state index in [2.05, 4.69) is 48.8 Å². The molecule has 3 heterocycles. The Hall–Kier alpha value is -1.87. The van der Waals surface area contributed by atoms with Crippen LogP contribution in [-0.2, 0) is 17.8 Å². The zero-order valence-electron chi connectivity index (χ0n) is 19.1. The van der Waals surface area contributed by atoms with Gasteiger partial charge in [0, 0.05) is 34.2 Å². The highest BCUT2D eigenvalue weighted by atomic mass is 32.3. The van der Waals surface area contributed by atoms with Crippen LogP contribution in [0.15, 0.2) is 12.3 Å². The maximum atomic E-state index is 13.9. The summed E-state index contributed by atoms with van der Waals surface area (Å²) in [6, 6.07) is -0.386. The third kappa shape index (κ3) is 4.14.